The first kappa shape index (κ1) is 11.7. The molecule has 0 aromatic carbocycles. The molecule has 1 aromatic heterocycles. The minimum atomic E-state index is -1.08. The van der Waals surface area contributed by atoms with Crippen molar-refractivity contribution < 1.29 is 4.21 Å². The molecular weight excluding hydrogens is 222 g/mol. The number of rotatable bonds is 2. The number of hydrogen-bond acceptors (Lipinski definition) is 4. The molecule has 0 bridgehead atoms. The van der Waals surface area contributed by atoms with Gasteiger partial charge in [0.05, 0.1) is 16.0 Å². The molecule has 1 fully saturated rings. The molecule has 4 nitrogen and oxygen atoms in total. The van der Waals surface area contributed by atoms with Gasteiger partial charge < -0.3 is 5.32 Å². The number of nitrogens with zero attached hydrogens (tertiary/aromatic N) is 2. The maximum Gasteiger partial charge on any atom is 0.219 e. The third-order valence-corrected chi connectivity index (χ3v) is 4.25. The maximum atomic E-state index is 12.3. The molecular formula is C11H17N3OS. The second-order valence-corrected chi connectivity index (χ2v) is 5.83. The molecule has 1 aromatic rings. The van der Waals surface area contributed by atoms with Crippen LogP contribution in [0.5, 0.6) is 0 Å². The Morgan fingerprint density at radius 1 is 1.38 bits per heavy atom. The number of piperidine rings is 1. The number of hydrogen-bond donors (Lipinski definition) is 1. The smallest absolute Gasteiger partial charge is 0.219 e. The van der Waals surface area contributed by atoms with Gasteiger partial charge >= 0.3 is 0 Å². The SMILES string of the molecule is Cc1cc(C)nc(S(=O)C2CCCNC2)n1. The summed E-state index contributed by atoms with van der Waals surface area (Å²) in [5.41, 5.74) is 1.78. The van der Waals surface area contributed by atoms with Crippen LogP contribution >= 0.6 is 0 Å². The molecule has 2 rings (SSSR count). The average molecular weight is 239 g/mol. The van der Waals surface area contributed by atoms with Crippen molar-refractivity contribution in [3.05, 3.63) is 17.5 Å². The molecule has 5 heteroatoms. The van der Waals surface area contributed by atoms with Crippen LogP contribution in [0.4, 0.5) is 0 Å². The van der Waals surface area contributed by atoms with E-state index >= 15 is 0 Å². The van der Waals surface area contributed by atoms with E-state index in [0.717, 1.165) is 37.3 Å². The summed E-state index contributed by atoms with van der Waals surface area (Å²) in [5, 5.41) is 3.92. The Hall–Kier alpha value is -0.810. The van der Waals surface area contributed by atoms with Gasteiger partial charge in [-0.25, -0.2) is 9.97 Å². The molecule has 2 heterocycles. The number of nitrogens with one attached hydrogen (secondary N) is 1. The van der Waals surface area contributed by atoms with Crippen LogP contribution in [-0.4, -0.2) is 32.5 Å². The lowest BCUT2D eigenvalue weighted by Gasteiger charge is -2.21. The van der Waals surface area contributed by atoms with E-state index in [2.05, 4.69) is 15.3 Å². The molecule has 1 aliphatic rings. The molecule has 0 spiro atoms. The highest BCUT2D eigenvalue weighted by Gasteiger charge is 2.23. The fourth-order valence-corrected chi connectivity index (χ4v) is 3.35. The third kappa shape index (κ3) is 2.65. The molecule has 0 radical (unpaired) electrons. The van der Waals surface area contributed by atoms with E-state index in [1.807, 2.05) is 19.9 Å². The second kappa shape index (κ2) is 5.01. The molecule has 0 aliphatic carbocycles. The predicted octanol–water partition coefficient (Wildman–Crippen LogP) is 0.953. The number of aryl methyl sites for hydroxylation is 2. The summed E-state index contributed by atoms with van der Waals surface area (Å²) in [5.74, 6) is 0. The van der Waals surface area contributed by atoms with Gasteiger partial charge in [0, 0.05) is 17.9 Å². The van der Waals surface area contributed by atoms with Gasteiger partial charge in [-0.05, 0) is 39.3 Å². The minimum Gasteiger partial charge on any atom is -0.316 e. The Morgan fingerprint density at radius 2 is 2.06 bits per heavy atom. The number of aromatic nitrogens is 2. The molecule has 16 heavy (non-hydrogen) atoms. The Labute approximate surface area is 98.3 Å². The average Bonchev–Trinajstić information content (AvgIpc) is 2.28. The van der Waals surface area contributed by atoms with Crippen molar-refractivity contribution in [2.75, 3.05) is 13.1 Å². The van der Waals surface area contributed by atoms with Crippen molar-refractivity contribution >= 4 is 10.8 Å². The minimum absolute atomic E-state index is 0.162. The van der Waals surface area contributed by atoms with Gasteiger partial charge in [0.25, 0.3) is 0 Å². The topological polar surface area (TPSA) is 54.9 Å². The zero-order valence-corrected chi connectivity index (χ0v) is 10.5. The van der Waals surface area contributed by atoms with E-state index in [0.29, 0.717) is 5.16 Å². The molecule has 1 aliphatic heterocycles. The summed E-state index contributed by atoms with van der Waals surface area (Å²) in [6.07, 6.45) is 2.08. The highest BCUT2D eigenvalue weighted by molar-refractivity contribution is 7.85. The molecule has 88 valence electrons. The summed E-state index contributed by atoms with van der Waals surface area (Å²) >= 11 is 0. The highest BCUT2D eigenvalue weighted by atomic mass is 32.2. The lowest BCUT2D eigenvalue weighted by molar-refractivity contribution is 0.517. The molecule has 1 N–H and O–H groups in total. The van der Waals surface area contributed by atoms with Crippen molar-refractivity contribution in [1.82, 2.24) is 15.3 Å². The van der Waals surface area contributed by atoms with Gasteiger partial charge in [0.2, 0.25) is 5.16 Å². The van der Waals surface area contributed by atoms with Gasteiger partial charge in [0.15, 0.2) is 0 Å². The van der Waals surface area contributed by atoms with Gasteiger partial charge in [-0.3, -0.25) is 4.21 Å². The first-order valence-corrected chi connectivity index (χ1v) is 6.81. The van der Waals surface area contributed by atoms with Crippen LogP contribution < -0.4 is 5.32 Å². The summed E-state index contributed by atoms with van der Waals surface area (Å²) < 4.78 is 12.3. The molecule has 0 saturated carbocycles. The fourth-order valence-electron chi connectivity index (χ4n) is 1.94. The molecule has 0 amide bonds. The zero-order chi connectivity index (χ0) is 11.5. The summed E-state index contributed by atoms with van der Waals surface area (Å²) in [6.45, 7) is 5.66. The standard InChI is InChI=1S/C11H17N3OS/c1-8-6-9(2)14-11(13-8)16(15)10-4-3-5-12-7-10/h6,10,12H,3-5,7H2,1-2H3. The van der Waals surface area contributed by atoms with Gasteiger partial charge in [-0.15, -0.1) is 0 Å². The molecule has 2 unspecified atom stereocenters. The Kier molecular flexibility index (Phi) is 3.66. The van der Waals surface area contributed by atoms with Crippen LogP contribution in [0.2, 0.25) is 0 Å². The summed E-state index contributed by atoms with van der Waals surface area (Å²) in [4.78, 5) is 8.54. The molecule has 2 atom stereocenters. The quantitative estimate of drug-likeness (QED) is 0.781. The molecule has 1 saturated heterocycles. The maximum absolute atomic E-state index is 12.3. The Morgan fingerprint density at radius 3 is 2.62 bits per heavy atom. The van der Waals surface area contributed by atoms with E-state index < -0.39 is 10.8 Å². The lowest BCUT2D eigenvalue weighted by Crippen LogP contribution is -2.36. The third-order valence-electron chi connectivity index (χ3n) is 2.70. The van der Waals surface area contributed by atoms with Gasteiger partial charge in [-0.1, -0.05) is 0 Å². The van der Waals surface area contributed by atoms with E-state index in [4.69, 9.17) is 0 Å². The van der Waals surface area contributed by atoms with E-state index in [1.165, 1.54) is 0 Å². The van der Waals surface area contributed by atoms with Crippen LogP contribution in [0.1, 0.15) is 24.2 Å². The Balaban J connectivity index is 2.19. The van der Waals surface area contributed by atoms with E-state index in [9.17, 15) is 4.21 Å². The van der Waals surface area contributed by atoms with Crippen molar-refractivity contribution in [2.45, 2.75) is 37.1 Å². The predicted molar refractivity (Wildman–Crippen MR) is 63.8 cm³/mol. The normalized spacial score (nSPS) is 23.0. The van der Waals surface area contributed by atoms with Crippen LogP contribution in [0.3, 0.4) is 0 Å². The lowest BCUT2D eigenvalue weighted by atomic mass is 10.2. The first-order valence-electron chi connectivity index (χ1n) is 5.60. The summed E-state index contributed by atoms with van der Waals surface area (Å²) in [7, 11) is -1.08. The van der Waals surface area contributed by atoms with E-state index in [-0.39, 0.29) is 5.25 Å². The zero-order valence-electron chi connectivity index (χ0n) is 9.69. The largest absolute Gasteiger partial charge is 0.316 e. The van der Waals surface area contributed by atoms with Crippen LogP contribution in [0.25, 0.3) is 0 Å². The van der Waals surface area contributed by atoms with Gasteiger partial charge in [-0.2, -0.15) is 0 Å². The van der Waals surface area contributed by atoms with Crippen LogP contribution in [0, 0.1) is 13.8 Å². The Bertz CT molecular complexity index is 382. The van der Waals surface area contributed by atoms with Gasteiger partial charge in [0.1, 0.15) is 0 Å². The van der Waals surface area contributed by atoms with Crippen LogP contribution in [-0.2, 0) is 10.8 Å². The fraction of sp³-hybridized carbons (Fsp3) is 0.636. The van der Waals surface area contributed by atoms with Crippen LogP contribution in [0.15, 0.2) is 11.2 Å². The first-order chi connectivity index (χ1) is 7.66. The summed E-state index contributed by atoms with van der Waals surface area (Å²) in [6, 6.07) is 1.90. The second-order valence-electron chi connectivity index (χ2n) is 4.20. The monoisotopic (exact) mass is 239 g/mol. The van der Waals surface area contributed by atoms with Crippen molar-refractivity contribution in [2.24, 2.45) is 0 Å². The van der Waals surface area contributed by atoms with Crippen molar-refractivity contribution in [3.63, 3.8) is 0 Å². The van der Waals surface area contributed by atoms with E-state index in [1.54, 1.807) is 0 Å². The highest BCUT2D eigenvalue weighted by Crippen LogP contribution is 2.14. The van der Waals surface area contributed by atoms with Crippen molar-refractivity contribution in [3.8, 4) is 0 Å². The van der Waals surface area contributed by atoms with Crippen molar-refractivity contribution in [1.29, 1.82) is 0 Å².